The molecular formula is C28H40N2O2S. The van der Waals surface area contributed by atoms with Gasteiger partial charge in [-0.2, -0.15) is 0 Å². The Hall–Kier alpha value is -1.88. The van der Waals surface area contributed by atoms with Crippen molar-refractivity contribution in [1.29, 1.82) is 0 Å². The third-order valence-corrected chi connectivity index (χ3v) is 8.80. The summed E-state index contributed by atoms with van der Waals surface area (Å²) in [6, 6.07) is 6.52. The number of anilines is 1. The molecule has 0 saturated heterocycles. The van der Waals surface area contributed by atoms with E-state index in [4.69, 9.17) is 4.74 Å². The first kappa shape index (κ1) is 24.3. The number of pyridine rings is 1. The van der Waals surface area contributed by atoms with E-state index in [1.54, 1.807) is 17.5 Å². The first-order valence-electron chi connectivity index (χ1n) is 12.7. The first-order valence-corrected chi connectivity index (χ1v) is 13.6. The van der Waals surface area contributed by atoms with Gasteiger partial charge in [0, 0.05) is 34.0 Å². The molecule has 1 amide bonds. The van der Waals surface area contributed by atoms with Gasteiger partial charge in [-0.3, -0.25) is 4.79 Å². The van der Waals surface area contributed by atoms with Crippen LogP contribution in [-0.4, -0.2) is 23.0 Å². The molecule has 2 fully saturated rings. The maximum atomic E-state index is 13.9. The molecule has 0 unspecified atom stereocenters. The van der Waals surface area contributed by atoms with Crippen molar-refractivity contribution < 1.29 is 9.53 Å². The molecule has 0 bridgehead atoms. The van der Waals surface area contributed by atoms with Gasteiger partial charge in [0.25, 0.3) is 0 Å². The molecule has 2 aliphatic carbocycles. The number of rotatable bonds is 5. The number of carbonyl (C=O) groups excluding carboxylic acids is 1. The summed E-state index contributed by atoms with van der Waals surface area (Å²) in [5.41, 5.74) is 2.29. The summed E-state index contributed by atoms with van der Waals surface area (Å²) < 4.78 is 6.24. The van der Waals surface area contributed by atoms with E-state index in [1.807, 2.05) is 19.1 Å². The zero-order chi connectivity index (χ0) is 23.6. The van der Waals surface area contributed by atoms with Crippen LogP contribution in [0, 0.1) is 18.8 Å². The number of aromatic nitrogens is 1. The minimum atomic E-state index is 0.101. The van der Waals surface area contributed by atoms with E-state index in [-0.39, 0.29) is 23.5 Å². The summed E-state index contributed by atoms with van der Waals surface area (Å²) >= 11 is 1.79. The Bertz CT molecular complexity index is 931. The molecule has 2 aromatic heterocycles. The van der Waals surface area contributed by atoms with E-state index < -0.39 is 0 Å². The summed E-state index contributed by atoms with van der Waals surface area (Å²) in [6.07, 6.45) is 10.3. The normalized spacial score (nSPS) is 26.1. The average molecular weight is 469 g/mol. The largest absolute Gasteiger partial charge is 0.474 e. The molecule has 4 rings (SSSR count). The van der Waals surface area contributed by atoms with Gasteiger partial charge in [-0.05, 0) is 81.8 Å². The molecule has 33 heavy (non-hydrogen) atoms. The Morgan fingerprint density at radius 3 is 2.39 bits per heavy atom. The van der Waals surface area contributed by atoms with Gasteiger partial charge >= 0.3 is 0 Å². The van der Waals surface area contributed by atoms with Crippen LogP contribution < -0.4 is 9.64 Å². The SMILES string of the molecule is Cc1cccnc1O[C@H]1CC[C@H](N(c2csc(C(C)(C)C)c2)C(=O)[C@H]2CC[C@H](C)CC2)CC1. The molecular weight excluding hydrogens is 428 g/mol. The number of thiophene rings is 1. The van der Waals surface area contributed by atoms with Gasteiger partial charge < -0.3 is 9.64 Å². The lowest BCUT2D eigenvalue weighted by atomic mass is 9.81. The summed E-state index contributed by atoms with van der Waals surface area (Å²) in [7, 11) is 0. The van der Waals surface area contributed by atoms with Gasteiger partial charge in [0.2, 0.25) is 11.8 Å². The third-order valence-electron chi connectivity index (χ3n) is 7.45. The van der Waals surface area contributed by atoms with E-state index in [1.165, 1.54) is 17.7 Å². The molecule has 4 nitrogen and oxygen atoms in total. The van der Waals surface area contributed by atoms with Crippen molar-refractivity contribution in [3.63, 3.8) is 0 Å². The monoisotopic (exact) mass is 468 g/mol. The van der Waals surface area contributed by atoms with Gasteiger partial charge in [0.1, 0.15) is 6.10 Å². The lowest BCUT2D eigenvalue weighted by Gasteiger charge is -2.39. The molecule has 2 heterocycles. The lowest BCUT2D eigenvalue weighted by Crippen LogP contribution is -2.47. The Kier molecular flexibility index (Phi) is 7.47. The standard InChI is InChI=1S/C28H40N2O2S/c1-19-8-10-21(11-9-19)27(31)30(23-17-25(33-18-23)28(3,4)5)22-12-14-24(15-13-22)32-26-20(2)7-6-16-29-26/h6-7,16-19,21-22,24H,8-15H2,1-5H3/t19-,21-,22-,24-. The maximum absolute atomic E-state index is 13.9. The second kappa shape index (κ2) is 10.2. The second-order valence-electron chi connectivity index (χ2n) is 11.3. The number of hydrogen-bond acceptors (Lipinski definition) is 4. The van der Waals surface area contributed by atoms with E-state index in [9.17, 15) is 4.79 Å². The van der Waals surface area contributed by atoms with Gasteiger partial charge in [0.15, 0.2) is 0 Å². The highest BCUT2D eigenvalue weighted by atomic mass is 32.1. The van der Waals surface area contributed by atoms with Crippen molar-refractivity contribution in [3.05, 3.63) is 40.2 Å². The highest BCUT2D eigenvalue weighted by Gasteiger charge is 2.36. The Morgan fingerprint density at radius 2 is 1.79 bits per heavy atom. The molecule has 0 N–H and O–H groups in total. The third kappa shape index (κ3) is 5.79. The predicted octanol–water partition coefficient (Wildman–Crippen LogP) is 7.30. The van der Waals surface area contributed by atoms with Crippen LogP contribution in [0.3, 0.4) is 0 Å². The second-order valence-corrected chi connectivity index (χ2v) is 12.2. The van der Waals surface area contributed by atoms with E-state index in [2.05, 4.69) is 49.0 Å². The number of carbonyl (C=O) groups is 1. The topological polar surface area (TPSA) is 42.4 Å². The van der Waals surface area contributed by atoms with Crippen molar-refractivity contribution in [3.8, 4) is 5.88 Å². The molecule has 0 aliphatic heterocycles. The van der Waals surface area contributed by atoms with Crippen LogP contribution in [0.5, 0.6) is 5.88 Å². The summed E-state index contributed by atoms with van der Waals surface area (Å²) in [6.45, 7) is 11.1. The first-order chi connectivity index (χ1) is 15.7. The molecule has 0 atom stereocenters. The van der Waals surface area contributed by atoms with E-state index >= 15 is 0 Å². The van der Waals surface area contributed by atoms with Crippen molar-refractivity contribution in [2.45, 2.75) is 104 Å². The van der Waals surface area contributed by atoms with Gasteiger partial charge in [-0.25, -0.2) is 4.98 Å². The Balaban J connectivity index is 1.49. The number of amides is 1. The van der Waals surface area contributed by atoms with Gasteiger partial charge in [0.05, 0.1) is 5.69 Å². The van der Waals surface area contributed by atoms with Crippen molar-refractivity contribution in [2.75, 3.05) is 4.90 Å². The zero-order valence-electron chi connectivity index (χ0n) is 21.0. The molecule has 0 radical (unpaired) electrons. The fourth-order valence-electron chi connectivity index (χ4n) is 5.24. The van der Waals surface area contributed by atoms with Crippen molar-refractivity contribution in [2.24, 2.45) is 11.8 Å². The molecule has 0 aromatic carbocycles. The van der Waals surface area contributed by atoms with Crippen LogP contribution in [-0.2, 0) is 10.2 Å². The number of aryl methyl sites for hydroxylation is 1. The highest BCUT2D eigenvalue weighted by molar-refractivity contribution is 7.10. The van der Waals surface area contributed by atoms with E-state index in [0.29, 0.717) is 5.91 Å². The Labute approximate surface area is 203 Å². The van der Waals surface area contributed by atoms with E-state index in [0.717, 1.165) is 61.6 Å². The van der Waals surface area contributed by atoms with Crippen LogP contribution in [0.2, 0.25) is 0 Å². The minimum Gasteiger partial charge on any atom is -0.474 e. The van der Waals surface area contributed by atoms with Crippen LogP contribution in [0.15, 0.2) is 29.8 Å². The quantitative estimate of drug-likeness (QED) is 0.462. The Morgan fingerprint density at radius 1 is 1.09 bits per heavy atom. The summed E-state index contributed by atoms with van der Waals surface area (Å²) in [5.74, 6) is 2.02. The fourth-order valence-corrected chi connectivity index (χ4v) is 6.21. The minimum absolute atomic E-state index is 0.101. The number of nitrogens with zero attached hydrogens (tertiary/aromatic N) is 2. The number of ether oxygens (including phenoxy) is 1. The maximum Gasteiger partial charge on any atom is 0.230 e. The van der Waals surface area contributed by atoms with Crippen LogP contribution in [0.1, 0.15) is 89.5 Å². The molecule has 2 aliphatic rings. The molecule has 2 saturated carbocycles. The van der Waals surface area contributed by atoms with Crippen LogP contribution in [0.25, 0.3) is 0 Å². The molecule has 2 aromatic rings. The van der Waals surface area contributed by atoms with Gasteiger partial charge in [-0.1, -0.05) is 33.8 Å². The lowest BCUT2D eigenvalue weighted by molar-refractivity contribution is -0.124. The average Bonchev–Trinajstić information content (AvgIpc) is 3.27. The fraction of sp³-hybridized carbons (Fsp3) is 0.643. The molecule has 5 heteroatoms. The van der Waals surface area contributed by atoms with Gasteiger partial charge in [-0.15, -0.1) is 11.3 Å². The van der Waals surface area contributed by atoms with Crippen molar-refractivity contribution in [1.82, 2.24) is 4.98 Å². The van der Waals surface area contributed by atoms with Crippen LogP contribution >= 0.6 is 11.3 Å². The number of hydrogen-bond donors (Lipinski definition) is 0. The van der Waals surface area contributed by atoms with Crippen molar-refractivity contribution >= 4 is 22.9 Å². The smallest absolute Gasteiger partial charge is 0.230 e. The predicted molar refractivity (Wildman–Crippen MR) is 137 cm³/mol. The van der Waals surface area contributed by atoms with Crippen LogP contribution in [0.4, 0.5) is 5.69 Å². The zero-order valence-corrected chi connectivity index (χ0v) is 21.8. The molecule has 0 spiro atoms. The summed E-state index contributed by atoms with van der Waals surface area (Å²) in [4.78, 5) is 21.8. The molecule has 180 valence electrons. The highest BCUT2D eigenvalue weighted by Crippen LogP contribution is 2.39. The summed E-state index contributed by atoms with van der Waals surface area (Å²) in [5, 5.41) is 2.21.